The topological polar surface area (TPSA) is 25.4 Å². The van der Waals surface area contributed by atoms with Crippen molar-refractivity contribution in [2.45, 2.75) is 12.5 Å². The van der Waals surface area contributed by atoms with Crippen LogP contribution in [0.5, 0.6) is 0 Å². The zero-order valence-corrected chi connectivity index (χ0v) is 8.71. The Morgan fingerprint density at radius 3 is 2.75 bits per heavy atom. The summed E-state index contributed by atoms with van der Waals surface area (Å²) in [6.07, 6.45) is 0.700. The highest BCUT2D eigenvalue weighted by Gasteiger charge is 2.26. The van der Waals surface area contributed by atoms with Gasteiger partial charge in [0, 0.05) is 26.3 Å². The van der Waals surface area contributed by atoms with Crippen LogP contribution in [-0.4, -0.2) is 31.3 Å². The molecule has 1 aromatic rings. The van der Waals surface area contributed by atoms with Gasteiger partial charge in [-0.2, -0.15) is 9.37 Å². The van der Waals surface area contributed by atoms with E-state index < -0.39 is 17.6 Å². The smallest absolute Gasteiger partial charge is 0.251 e. The van der Waals surface area contributed by atoms with E-state index in [0.29, 0.717) is 19.2 Å². The molecule has 0 spiro atoms. The van der Waals surface area contributed by atoms with Crippen LogP contribution in [0, 0.1) is 17.6 Å². The van der Waals surface area contributed by atoms with Crippen molar-refractivity contribution in [3.05, 3.63) is 23.6 Å². The average molecular weight is 232 g/mol. The third-order valence-corrected chi connectivity index (χ3v) is 2.65. The molecule has 0 bridgehead atoms. The Morgan fingerprint density at radius 2 is 2.12 bits per heavy atom. The van der Waals surface area contributed by atoms with Crippen LogP contribution in [0.25, 0.3) is 0 Å². The molecule has 3 nitrogen and oxygen atoms in total. The van der Waals surface area contributed by atoms with Crippen molar-refractivity contribution in [1.29, 1.82) is 0 Å². The van der Waals surface area contributed by atoms with Crippen LogP contribution in [0.3, 0.4) is 0 Å². The Morgan fingerprint density at radius 1 is 1.38 bits per heavy atom. The average Bonchev–Trinajstić information content (AvgIpc) is 2.71. The van der Waals surface area contributed by atoms with Crippen LogP contribution in [0.2, 0.25) is 0 Å². The molecule has 0 amide bonds. The molecule has 1 atom stereocenters. The molecule has 16 heavy (non-hydrogen) atoms. The van der Waals surface area contributed by atoms with Gasteiger partial charge in [-0.3, -0.25) is 0 Å². The summed E-state index contributed by atoms with van der Waals surface area (Å²) in [5, 5.41) is 0. The molecule has 1 unspecified atom stereocenters. The molecular weight excluding hydrogens is 221 g/mol. The molecule has 6 heteroatoms. The zero-order valence-electron chi connectivity index (χ0n) is 8.71. The second-order valence-corrected chi connectivity index (χ2v) is 3.66. The van der Waals surface area contributed by atoms with Gasteiger partial charge in [0.2, 0.25) is 0 Å². The van der Waals surface area contributed by atoms with Gasteiger partial charge in [0.25, 0.3) is 5.95 Å². The van der Waals surface area contributed by atoms with Crippen LogP contribution in [-0.2, 0) is 4.74 Å². The fourth-order valence-corrected chi connectivity index (χ4v) is 1.77. The summed E-state index contributed by atoms with van der Waals surface area (Å²) >= 11 is 0. The highest BCUT2D eigenvalue weighted by atomic mass is 19.2. The number of methoxy groups -OCH3 is 1. The zero-order chi connectivity index (χ0) is 11.7. The molecule has 1 aliphatic rings. The number of hydrogen-bond acceptors (Lipinski definition) is 3. The molecule has 2 rings (SSSR count). The highest BCUT2D eigenvalue weighted by molar-refractivity contribution is 5.41. The predicted molar refractivity (Wildman–Crippen MR) is 51.7 cm³/mol. The van der Waals surface area contributed by atoms with Crippen LogP contribution in [0.4, 0.5) is 19.0 Å². The van der Waals surface area contributed by atoms with E-state index in [-0.39, 0.29) is 11.9 Å². The summed E-state index contributed by atoms with van der Waals surface area (Å²) in [5.41, 5.74) is 0. The van der Waals surface area contributed by atoms with E-state index in [9.17, 15) is 13.2 Å². The largest absolute Gasteiger partial charge is 0.380 e. The maximum Gasteiger partial charge on any atom is 0.251 e. The minimum atomic E-state index is -1.28. The normalized spacial score (nSPS) is 20.5. The molecule has 1 aliphatic heterocycles. The number of rotatable bonds is 2. The summed E-state index contributed by atoms with van der Waals surface area (Å²) in [7, 11) is 1.56. The first-order valence-corrected chi connectivity index (χ1v) is 4.91. The standard InChI is InChI=1S/C10H11F3N2O/c1-16-6-2-3-15(5-6)10-8(12)4-7(11)9(13)14-10/h4,6H,2-3,5H2,1H3. The summed E-state index contributed by atoms with van der Waals surface area (Å²) in [6, 6.07) is 0.512. The summed E-state index contributed by atoms with van der Waals surface area (Å²) in [4.78, 5) is 4.82. The summed E-state index contributed by atoms with van der Waals surface area (Å²) in [5.74, 6) is -3.56. The Labute approximate surface area is 90.8 Å². The van der Waals surface area contributed by atoms with E-state index in [1.165, 1.54) is 0 Å². The molecule has 0 N–H and O–H groups in total. The van der Waals surface area contributed by atoms with Crippen molar-refractivity contribution in [2.75, 3.05) is 25.1 Å². The lowest BCUT2D eigenvalue weighted by Gasteiger charge is -2.17. The van der Waals surface area contributed by atoms with E-state index in [0.717, 1.165) is 6.42 Å². The Balaban J connectivity index is 2.24. The van der Waals surface area contributed by atoms with Gasteiger partial charge < -0.3 is 9.64 Å². The molecule has 0 aromatic carbocycles. The first-order valence-electron chi connectivity index (χ1n) is 4.91. The lowest BCUT2D eigenvalue weighted by molar-refractivity contribution is 0.121. The lowest BCUT2D eigenvalue weighted by Crippen LogP contribution is -2.24. The second kappa shape index (κ2) is 4.29. The highest BCUT2D eigenvalue weighted by Crippen LogP contribution is 2.23. The van der Waals surface area contributed by atoms with Crippen LogP contribution < -0.4 is 4.90 Å². The lowest BCUT2D eigenvalue weighted by atomic mass is 10.3. The van der Waals surface area contributed by atoms with Crippen molar-refractivity contribution in [1.82, 2.24) is 4.98 Å². The van der Waals surface area contributed by atoms with Crippen molar-refractivity contribution < 1.29 is 17.9 Å². The van der Waals surface area contributed by atoms with Gasteiger partial charge in [0.1, 0.15) is 0 Å². The molecular formula is C10H11F3N2O. The fraction of sp³-hybridized carbons (Fsp3) is 0.500. The molecule has 1 saturated heterocycles. The van der Waals surface area contributed by atoms with Gasteiger partial charge in [-0.1, -0.05) is 0 Å². The minimum Gasteiger partial charge on any atom is -0.380 e. The monoisotopic (exact) mass is 232 g/mol. The molecule has 1 aromatic heterocycles. The number of nitrogens with zero attached hydrogens (tertiary/aromatic N) is 2. The number of ether oxygens (including phenoxy) is 1. The molecule has 2 heterocycles. The number of hydrogen-bond donors (Lipinski definition) is 0. The number of halogens is 3. The summed E-state index contributed by atoms with van der Waals surface area (Å²) in [6.45, 7) is 0.957. The van der Waals surface area contributed by atoms with Crippen LogP contribution in [0.15, 0.2) is 6.07 Å². The summed E-state index contributed by atoms with van der Waals surface area (Å²) < 4.78 is 44.0. The second-order valence-electron chi connectivity index (χ2n) is 3.66. The third-order valence-electron chi connectivity index (χ3n) is 2.65. The van der Waals surface area contributed by atoms with Crippen LogP contribution in [0.1, 0.15) is 6.42 Å². The number of aromatic nitrogens is 1. The van der Waals surface area contributed by atoms with E-state index in [1.807, 2.05) is 0 Å². The third kappa shape index (κ3) is 1.97. The van der Waals surface area contributed by atoms with Gasteiger partial charge in [0.15, 0.2) is 17.5 Å². The maximum atomic E-state index is 13.4. The van der Waals surface area contributed by atoms with E-state index in [4.69, 9.17) is 4.74 Å². The Kier molecular flexibility index (Phi) is 3.00. The van der Waals surface area contributed by atoms with Gasteiger partial charge in [-0.15, -0.1) is 0 Å². The van der Waals surface area contributed by atoms with Crippen molar-refractivity contribution in [3.63, 3.8) is 0 Å². The Bertz CT molecular complexity index is 400. The first kappa shape index (κ1) is 11.2. The van der Waals surface area contributed by atoms with Gasteiger partial charge in [0.05, 0.1) is 6.10 Å². The van der Waals surface area contributed by atoms with Crippen molar-refractivity contribution in [3.8, 4) is 0 Å². The maximum absolute atomic E-state index is 13.4. The van der Waals surface area contributed by atoms with Gasteiger partial charge >= 0.3 is 0 Å². The van der Waals surface area contributed by atoms with Crippen molar-refractivity contribution >= 4 is 5.82 Å². The quantitative estimate of drug-likeness (QED) is 0.726. The SMILES string of the molecule is COC1CCN(c2nc(F)c(F)cc2F)C1. The van der Waals surface area contributed by atoms with Gasteiger partial charge in [-0.05, 0) is 6.42 Å². The molecule has 0 radical (unpaired) electrons. The molecule has 0 aliphatic carbocycles. The van der Waals surface area contributed by atoms with Gasteiger partial charge in [-0.25, -0.2) is 8.78 Å². The van der Waals surface area contributed by atoms with Crippen molar-refractivity contribution in [2.24, 2.45) is 0 Å². The van der Waals surface area contributed by atoms with E-state index in [1.54, 1.807) is 12.0 Å². The predicted octanol–water partition coefficient (Wildman–Crippen LogP) is 1.72. The van der Waals surface area contributed by atoms with E-state index in [2.05, 4.69) is 4.98 Å². The molecule has 88 valence electrons. The van der Waals surface area contributed by atoms with Crippen LogP contribution >= 0.6 is 0 Å². The van der Waals surface area contributed by atoms with E-state index >= 15 is 0 Å². The number of pyridine rings is 1. The minimum absolute atomic E-state index is 0.0192. The number of anilines is 1. The first-order chi connectivity index (χ1) is 7.61. The molecule has 1 fully saturated rings. The fourth-order valence-electron chi connectivity index (χ4n) is 1.77. The Hall–Kier alpha value is -1.30. The molecule has 0 saturated carbocycles.